The molecule has 0 radical (unpaired) electrons. The number of carbonyl (C=O) groups excluding carboxylic acids is 1. The maximum Gasteiger partial charge on any atom is 0.228 e. The first-order valence-corrected chi connectivity index (χ1v) is 7.21. The number of aromatic nitrogens is 2. The van der Waals surface area contributed by atoms with Gasteiger partial charge in [0.15, 0.2) is 5.58 Å². The molecule has 0 N–H and O–H groups in total. The van der Waals surface area contributed by atoms with E-state index in [-0.39, 0.29) is 12.3 Å². The number of amides is 1. The first kappa shape index (κ1) is 14.3. The van der Waals surface area contributed by atoms with Gasteiger partial charge in [-0.25, -0.2) is 0 Å². The van der Waals surface area contributed by atoms with Crippen LogP contribution in [0.4, 0.5) is 0 Å². The van der Waals surface area contributed by atoms with Crippen LogP contribution >= 0.6 is 0 Å². The predicted octanol–water partition coefficient (Wildman–Crippen LogP) is 2.47. The summed E-state index contributed by atoms with van der Waals surface area (Å²) in [5.74, 6) is 0.0231. The topological polar surface area (TPSA) is 59.2 Å². The van der Waals surface area contributed by atoms with Gasteiger partial charge in [0.1, 0.15) is 5.69 Å². The van der Waals surface area contributed by atoms with E-state index in [1.54, 1.807) is 18.1 Å². The summed E-state index contributed by atoms with van der Waals surface area (Å²) in [5, 5.41) is 4.90. The van der Waals surface area contributed by atoms with E-state index in [1.807, 2.05) is 42.5 Å². The number of likely N-dealkylation sites (N-methyl/N-ethyl adjacent to an activating group) is 1. The quantitative estimate of drug-likeness (QED) is 0.725. The van der Waals surface area contributed by atoms with E-state index < -0.39 is 0 Å². The molecule has 5 heteroatoms. The standard InChI is InChI=1S/C17H17N3O2/c1-20(11-9-13-6-4-5-10-18-13)17(21)12-15-14-7-2-3-8-16(14)22-19-15/h2-8,10H,9,11-12H2,1H3. The first-order chi connectivity index (χ1) is 10.7. The Labute approximate surface area is 128 Å². The van der Waals surface area contributed by atoms with Gasteiger partial charge in [0, 0.05) is 37.3 Å². The molecule has 0 fully saturated rings. The van der Waals surface area contributed by atoms with E-state index in [1.165, 1.54) is 0 Å². The average molecular weight is 295 g/mol. The van der Waals surface area contributed by atoms with Crippen molar-refractivity contribution in [3.8, 4) is 0 Å². The van der Waals surface area contributed by atoms with Crippen LogP contribution in [0.3, 0.4) is 0 Å². The third-order valence-corrected chi connectivity index (χ3v) is 3.63. The number of rotatable bonds is 5. The number of hydrogen-bond donors (Lipinski definition) is 0. The molecule has 1 amide bonds. The molecule has 0 saturated heterocycles. The highest BCUT2D eigenvalue weighted by Crippen LogP contribution is 2.18. The maximum absolute atomic E-state index is 12.3. The Morgan fingerprint density at radius 3 is 2.82 bits per heavy atom. The van der Waals surface area contributed by atoms with Gasteiger partial charge in [0.05, 0.1) is 6.42 Å². The van der Waals surface area contributed by atoms with Gasteiger partial charge in [-0.1, -0.05) is 23.4 Å². The highest BCUT2D eigenvalue weighted by molar-refractivity contribution is 5.86. The Hall–Kier alpha value is -2.69. The second-order valence-electron chi connectivity index (χ2n) is 5.19. The normalized spacial score (nSPS) is 10.8. The zero-order valence-corrected chi connectivity index (χ0v) is 12.4. The number of nitrogens with zero attached hydrogens (tertiary/aromatic N) is 3. The van der Waals surface area contributed by atoms with Crippen molar-refractivity contribution in [3.05, 3.63) is 60.0 Å². The van der Waals surface area contributed by atoms with Crippen LogP contribution < -0.4 is 0 Å². The fraction of sp³-hybridized carbons (Fsp3) is 0.235. The molecule has 0 bridgehead atoms. The second-order valence-corrected chi connectivity index (χ2v) is 5.19. The molecule has 0 aliphatic carbocycles. The summed E-state index contributed by atoms with van der Waals surface area (Å²) >= 11 is 0. The minimum atomic E-state index is 0.0231. The molecule has 5 nitrogen and oxygen atoms in total. The fourth-order valence-electron chi connectivity index (χ4n) is 2.30. The van der Waals surface area contributed by atoms with Crippen LogP contribution in [0, 0.1) is 0 Å². The molecule has 2 heterocycles. The van der Waals surface area contributed by atoms with E-state index in [0.29, 0.717) is 17.8 Å². The summed E-state index contributed by atoms with van der Waals surface area (Å²) in [4.78, 5) is 18.3. The Morgan fingerprint density at radius 1 is 1.18 bits per heavy atom. The lowest BCUT2D eigenvalue weighted by atomic mass is 10.1. The minimum absolute atomic E-state index is 0.0231. The number of carbonyl (C=O) groups is 1. The molecule has 112 valence electrons. The van der Waals surface area contributed by atoms with Crippen molar-refractivity contribution < 1.29 is 9.32 Å². The van der Waals surface area contributed by atoms with E-state index in [4.69, 9.17) is 4.52 Å². The highest BCUT2D eigenvalue weighted by atomic mass is 16.5. The molecule has 0 aliphatic rings. The monoisotopic (exact) mass is 295 g/mol. The van der Waals surface area contributed by atoms with Gasteiger partial charge in [-0.15, -0.1) is 0 Å². The summed E-state index contributed by atoms with van der Waals surface area (Å²) in [7, 11) is 1.80. The maximum atomic E-state index is 12.3. The SMILES string of the molecule is CN(CCc1ccccn1)C(=O)Cc1noc2ccccc12. The van der Waals surface area contributed by atoms with Crippen LogP contribution in [0.5, 0.6) is 0 Å². The number of benzene rings is 1. The van der Waals surface area contributed by atoms with Gasteiger partial charge in [-0.05, 0) is 24.3 Å². The zero-order valence-electron chi connectivity index (χ0n) is 12.4. The molecular formula is C17H17N3O2. The smallest absolute Gasteiger partial charge is 0.228 e. The predicted molar refractivity (Wildman–Crippen MR) is 83.3 cm³/mol. The summed E-state index contributed by atoms with van der Waals surface area (Å²) in [6.45, 7) is 0.631. The van der Waals surface area contributed by atoms with E-state index >= 15 is 0 Å². The fourth-order valence-corrected chi connectivity index (χ4v) is 2.30. The molecule has 0 atom stereocenters. The molecule has 0 saturated carbocycles. The Balaban J connectivity index is 1.61. The molecule has 22 heavy (non-hydrogen) atoms. The average Bonchev–Trinajstić information content (AvgIpc) is 2.97. The van der Waals surface area contributed by atoms with Crippen molar-refractivity contribution in [1.29, 1.82) is 0 Å². The van der Waals surface area contributed by atoms with E-state index in [0.717, 1.165) is 17.5 Å². The Bertz CT molecular complexity index is 768. The third-order valence-electron chi connectivity index (χ3n) is 3.63. The van der Waals surface area contributed by atoms with Gasteiger partial charge >= 0.3 is 0 Å². The lowest BCUT2D eigenvalue weighted by molar-refractivity contribution is -0.129. The summed E-state index contributed by atoms with van der Waals surface area (Å²) < 4.78 is 5.23. The van der Waals surface area contributed by atoms with Crippen molar-refractivity contribution in [1.82, 2.24) is 15.0 Å². The largest absolute Gasteiger partial charge is 0.356 e. The molecule has 3 aromatic rings. The Morgan fingerprint density at radius 2 is 2.00 bits per heavy atom. The third kappa shape index (κ3) is 3.14. The molecule has 2 aromatic heterocycles. The van der Waals surface area contributed by atoms with Gasteiger partial charge in [-0.2, -0.15) is 0 Å². The van der Waals surface area contributed by atoms with Crippen molar-refractivity contribution in [3.63, 3.8) is 0 Å². The van der Waals surface area contributed by atoms with Crippen molar-refractivity contribution in [2.75, 3.05) is 13.6 Å². The molecule has 0 unspecified atom stereocenters. The number of para-hydroxylation sites is 1. The molecular weight excluding hydrogens is 278 g/mol. The summed E-state index contributed by atoms with van der Waals surface area (Å²) in [6.07, 6.45) is 2.75. The number of pyridine rings is 1. The van der Waals surface area contributed by atoms with Crippen LogP contribution in [0.2, 0.25) is 0 Å². The van der Waals surface area contributed by atoms with Crippen LogP contribution in [0.1, 0.15) is 11.4 Å². The summed E-state index contributed by atoms with van der Waals surface area (Å²) in [6, 6.07) is 13.4. The van der Waals surface area contributed by atoms with E-state index in [2.05, 4.69) is 10.1 Å². The minimum Gasteiger partial charge on any atom is -0.356 e. The van der Waals surface area contributed by atoms with Crippen molar-refractivity contribution in [2.24, 2.45) is 0 Å². The number of hydrogen-bond acceptors (Lipinski definition) is 4. The molecule has 0 aliphatic heterocycles. The van der Waals surface area contributed by atoms with E-state index in [9.17, 15) is 4.79 Å². The second kappa shape index (κ2) is 6.39. The van der Waals surface area contributed by atoms with Crippen LogP contribution in [0.15, 0.2) is 53.2 Å². The highest BCUT2D eigenvalue weighted by Gasteiger charge is 2.15. The van der Waals surface area contributed by atoms with Crippen molar-refractivity contribution in [2.45, 2.75) is 12.8 Å². The first-order valence-electron chi connectivity index (χ1n) is 7.21. The summed E-state index contributed by atoms with van der Waals surface area (Å²) in [5.41, 5.74) is 2.38. The van der Waals surface area contributed by atoms with Gasteiger partial charge in [-0.3, -0.25) is 9.78 Å². The van der Waals surface area contributed by atoms with Gasteiger partial charge in [0.25, 0.3) is 0 Å². The lowest BCUT2D eigenvalue weighted by Crippen LogP contribution is -2.30. The molecule has 0 spiro atoms. The lowest BCUT2D eigenvalue weighted by Gasteiger charge is -2.16. The van der Waals surface area contributed by atoms with Crippen LogP contribution in [-0.4, -0.2) is 34.5 Å². The Kier molecular flexibility index (Phi) is 4.14. The van der Waals surface area contributed by atoms with Crippen molar-refractivity contribution >= 4 is 16.9 Å². The zero-order chi connectivity index (χ0) is 15.4. The van der Waals surface area contributed by atoms with Crippen LogP contribution in [-0.2, 0) is 17.6 Å². The molecule has 3 rings (SSSR count). The van der Waals surface area contributed by atoms with Gasteiger partial charge in [0.2, 0.25) is 5.91 Å². The van der Waals surface area contributed by atoms with Crippen LogP contribution in [0.25, 0.3) is 11.0 Å². The molecule has 1 aromatic carbocycles. The van der Waals surface area contributed by atoms with Gasteiger partial charge < -0.3 is 9.42 Å². The number of fused-ring (bicyclic) bond motifs is 1.